The minimum absolute atomic E-state index is 0.142. The summed E-state index contributed by atoms with van der Waals surface area (Å²) in [5.74, 6) is 0. The highest BCUT2D eigenvalue weighted by Crippen LogP contribution is 2.30. The van der Waals surface area contributed by atoms with Crippen molar-refractivity contribution in [2.75, 3.05) is 6.61 Å². The topological polar surface area (TPSA) is 32.6 Å². The molecular formula is C9H15NOS. The Labute approximate surface area is 77.8 Å². The molecule has 1 N–H and O–H groups in total. The first-order valence-corrected chi connectivity index (χ1v) is 5.05. The molecule has 0 unspecified atom stereocenters. The fourth-order valence-corrected chi connectivity index (χ4v) is 1.63. The predicted molar refractivity (Wildman–Crippen MR) is 54.6 cm³/mol. The van der Waals surface area contributed by atoms with Crippen LogP contribution in [0.25, 0.3) is 0 Å². The van der Waals surface area contributed by atoms with Crippen LogP contribution in [0.4, 0.5) is 0 Å². The van der Waals surface area contributed by atoms with Gasteiger partial charge in [-0.05, 0) is 32.1 Å². The molecule has 0 bridgehead atoms. The molecule has 0 radical (unpaired) electrons. The Balaban J connectivity index is 2.42. The third-order valence-electron chi connectivity index (χ3n) is 1.63. The number of rotatable bonds is 3. The van der Waals surface area contributed by atoms with Crippen LogP contribution in [0.3, 0.4) is 0 Å². The fraction of sp³-hybridized carbons (Fsp3) is 0.667. The summed E-state index contributed by atoms with van der Waals surface area (Å²) >= 11 is 1.79. The van der Waals surface area contributed by atoms with Crippen LogP contribution in [-0.2, 0) is 0 Å². The molecule has 1 rings (SSSR count). The van der Waals surface area contributed by atoms with E-state index in [-0.39, 0.29) is 11.4 Å². The van der Waals surface area contributed by atoms with Crippen LogP contribution in [0.2, 0.25) is 0 Å². The molecule has 0 spiro atoms. The van der Waals surface area contributed by atoms with Gasteiger partial charge in [0.1, 0.15) is 0 Å². The van der Waals surface area contributed by atoms with Gasteiger partial charge in [0, 0.05) is 23.3 Å². The van der Waals surface area contributed by atoms with Crippen molar-refractivity contribution < 1.29 is 5.11 Å². The normalized spacial score (nSPS) is 20.8. The van der Waals surface area contributed by atoms with Gasteiger partial charge in [0.15, 0.2) is 0 Å². The van der Waals surface area contributed by atoms with Crippen molar-refractivity contribution in [3.05, 3.63) is 11.1 Å². The van der Waals surface area contributed by atoms with Crippen molar-refractivity contribution in [3.8, 4) is 0 Å². The van der Waals surface area contributed by atoms with E-state index in [1.165, 1.54) is 0 Å². The Kier molecular flexibility index (Phi) is 3.35. The monoisotopic (exact) mass is 185 g/mol. The van der Waals surface area contributed by atoms with Gasteiger partial charge in [-0.1, -0.05) is 0 Å². The molecule has 0 aromatic heterocycles. The van der Waals surface area contributed by atoms with Gasteiger partial charge in [0.25, 0.3) is 0 Å². The van der Waals surface area contributed by atoms with Gasteiger partial charge in [0.2, 0.25) is 0 Å². The molecule has 3 heteroatoms. The lowest BCUT2D eigenvalue weighted by Gasteiger charge is -2.20. The first-order valence-electron chi connectivity index (χ1n) is 4.17. The zero-order chi connectivity index (χ0) is 9.03. The summed E-state index contributed by atoms with van der Waals surface area (Å²) in [6.07, 6.45) is 3.67. The van der Waals surface area contributed by atoms with Gasteiger partial charge >= 0.3 is 0 Å². The second kappa shape index (κ2) is 4.10. The van der Waals surface area contributed by atoms with Gasteiger partial charge in [-0.3, -0.25) is 4.99 Å². The SMILES string of the molecule is CC1(C)C=NC(CCCO)=CS1. The van der Waals surface area contributed by atoms with Crippen LogP contribution in [-0.4, -0.2) is 22.7 Å². The molecule has 0 fully saturated rings. The maximum atomic E-state index is 8.61. The summed E-state index contributed by atoms with van der Waals surface area (Å²) in [4.78, 5) is 4.32. The van der Waals surface area contributed by atoms with Crippen LogP contribution >= 0.6 is 11.8 Å². The minimum atomic E-state index is 0.142. The molecular weight excluding hydrogens is 170 g/mol. The molecule has 0 aromatic rings. The van der Waals surface area contributed by atoms with E-state index in [0.29, 0.717) is 0 Å². The highest BCUT2D eigenvalue weighted by atomic mass is 32.2. The third kappa shape index (κ3) is 2.99. The zero-order valence-electron chi connectivity index (χ0n) is 7.58. The van der Waals surface area contributed by atoms with E-state index in [1.54, 1.807) is 11.8 Å². The molecule has 0 saturated heterocycles. The minimum Gasteiger partial charge on any atom is -0.396 e. The number of aliphatic imine (C=N–C) groups is 1. The van der Waals surface area contributed by atoms with Gasteiger partial charge in [-0.15, -0.1) is 11.8 Å². The lowest BCUT2D eigenvalue weighted by Crippen LogP contribution is -2.17. The Bertz CT molecular complexity index is 209. The average molecular weight is 185 g/mol. The van der Waals surface area contributed by atoms with Crippen molar-refractivity contribution in [2.45, 2.75) is 31.4 Å². The fourth-order valence-electron chi connectivity index (χ4n) is 0.903. The third-order valence-corrected chi connectivity index (χ3v) is 2.73. The first kappa shape index (κ1) is 9.81. The smallest absolute Gasteiger partial charge is 0.0496 e. The van der Waals surface area contributed by atoms with Crippen molar-refractivity contribution in [1.29, 1.82) is 0 Å². The van der Waals surface area contributed by atoms with Crippen LogP contribution in [0.5, 0.6) is 0 Å². The van der Waals surface area contributed by atoms with Crippen LogP contribution in [0.1, 0.15) is 26.7 Å². The quantitative estimate of drug-likeness (QED) is 0.731. The van der Waals surface area contributed by atoms with Gasteiger partial charge in [0.05, 0.1) is 0 Å². The van der Waals surface area contributed by atoms with Crippen molar-refractivity contribution in [1.82, 2.24) is 0 Å². The standard InChI is InChI=1S/C9H15NOS/c1-9(2)7-10-8(6-12-9)4-3-5-11/h6-7,11H,3-5H2,1-2H3. The number of hydrogen-bond donors (Lipinski definition) is 1. The number of nitrogens with zero attached hydrogens (tertiary/aromatic N) is 1. The highest BCUT2D eigenvalue weighted by Gasteiger charge is 2.17. The van der Waals surface area contributed by atoms with E-state index in [9.17, 15) is 0 Å². The molecule has 0 saturated carbocycles. The Morgan fingerprint density at radius 3 is 2.83 bits per heavy atom. The van der Waals surface area contributed by atoms with Crippen molar-refractivity contribution in [3.63, 3.8) is 0 Å². The maximum Gasteiger partial charge on any atom is 0.0496 e. The lowest BCUT2D eigenvalue weighted by molar-refractivity contribution is 0.288. The predicted octanol–water partition coefficient (Wildman–Crippen LogP) is 2.20. The van der Waals surface area contributed by atoms with Gasteiger partial charge in [-0.25, -0.2) is 0 Å². The molecule has 0 aliphatic carbocycles. The van der Waals surface area contributed by atoms with E-state index < -0.39 is 0 Å². The molecule has 0 aromatic carbocycles. The molecule has 0 atom stereocenters. The van der Waals surface area contributed by atoms with Crippen LogP contribution in [0.15, 0.2) is 16.1 Å². The zero-order valence-corrected chi connectivity index (χ0v) is 8.40. The molecule has 1 aliphatic rings. The molecule has 1 aliphatic heterocycles. The van der Waals surface area contributed by atoms with E-state index in [2.05, 4.69) is 24.2 Å². The number of aliphatic hydroxyl groups excluding tert-OH is 1. The van der Waals surface area contributed by atoms with E-state index >= 15 is 0 Å². The molecule has 1 heterocycles. The summed E-state index contributed by atoms with van der Waals surface area (Å²) in [6.45, 7) is 4.53. The van der Waals surface area contributed by atoms with Crippen molar-refractivity contribution in [2.24, 2.45) is 4.99 Å². The number of allylic oxidation sites excluding steroid dienone is 1. The van der Waals surface area contributed by atoms with Crippen LogP contribution in [0, 0.1) is 0 Å². The second-order valence-corrected chi connectivity index (χ2v) is 4.94. The van der Waals surface area contributed by atoms with Crippen LogP contribution < -0.4 is 0 Å². The first-order chi connectivity index (χ1) is 5.64. The number of thioether (sulfide) groups is 1. The molecule has 12 heavy (non-hydrogen) atoms. The lowest BCUT2D eigenvalue weighted by atomic mass is 10.2. The van der Waals surface area contributed by atoms with E-state index in [0.717, 1.165) is 18.5 Å². The van der Waals surface area contributed by atoms with Gasteiger partial charge < -0.3 is 5.11 Å². The molecule has 68 valence electrons. The summed E-state index contributed by atoms with van der Waals surface area (Å²) < 4.78 is 0.142. The van der Waals surface area contributed by atoms with E-state index in [1.807, 2.05) is 6.21 Å². The second-order valence-electron chi connectivity index (χ2n) is 3.42. The molecule has 2 nitrogen and oxygen atoms in total. The number of hydrogen-bond acceptors (Lipinski definition) is 3. The summed E-state index contributed by atoms with van der Waals surface area (Å²) in [5.41, 5.74) is 1.09. The largest absolute Gasteiger partial charge is 0.396 e. The summed E-state index contributed by atoms with van der Waals surface area (Å²) in [6, 6.07) is 0. The van der Waals surface area contributed by atoms with Crippen molar-refractivity contribution >= 4 is 18.0 Å². The summed E-state index contributed by atoms with van der Waals surface area (Å²) in [5, 5.41) is 10.7. The van der Waals surface area contributed by atoms with E-state index in [4.69, 9.17) is 5.11 Å². The number of aliphatic hydroxyl groups is 1. The maximum absolute atomic E-state index is 8.61. The highest BCUT2D eigenvalue weighted by molar-refractivity contribution is 8.04. The Hall–Kier alpha value is -0.280. The van der Waals surface area contributed by atoms with Gasteiger partial charge in [-0.2, -0.15) is 0 Å². The summed E-state index contributed by atoms with van der Waals surface area (Å²) in [7, 11) is 0. The molecule has 0 amide bonds. The Morgan fingerprint density at radius 1 is 1.58 bits per heavy atom. The Morgan fingerprint density at radius 2 is 2.33 bits per heavy atom. The average Bonchev–Trinajstić information content (AvgIpc) is 2.03.